The van der Waals surface area contributed by atoms with Crippen LogP contribution in [0.25, 0.3) is 0 Å². The monoisotopic (exact) mass is 452 g/mol. The zero-order valence-corrected chi connectivity index (χ0v) is 22.1. The molecule has 0 rings (SSSR count). The normalized spacial score (nSPS) is 11.6. The first-order chi connectivity index (χ1) is 15.5. The maximum absolute atomic E-state index is 13.1. The molecular weight excluding hydrogens is 400 g/mol. The Morgan fingerprint density at radius 1 is 0.469 bits per heavy atom. The van der Waals surface area contributed by atoms with E-state index in [2.05, 4.69) is 51.6 Å². The van der Waals surface area contributed by atoms with Crippen LogP contribution in [0.4, 0.5) is 0 Å². The molecule has 0 aromatic carbocycles. The third-order valence-corrected chi connectivity index (χ3v) is 5.51. The number of carbonyl (C=O) groups excluding carboxylic acids is 2. The number of hydrogen-bond donors (Lipinski definition) is 0. The molecule has 0 aliphatic carbocycles. The molecule has 32 heavy (non-hydrogen) atoms. The van der Waals surface area contributed by atoms with Crippen LogP contribution >= 0.6 is 0 Å². The second-order valence-electron chi connectivity index (χ2n) is 8.58. The number of amides is 2. The van der Waals surface area contributed by atoms with Crippen LogP contribution < -0.4 is 0 Å². The van der Waals surface area contributed by atoms with Gasteiger partial charge in [0.25, 0.3) is 11.8 Å². The highest BCUT2D eigenvalue weighted by Gasteiger charge is 2.21. The van der Waals surface area contributed by atoms with E-state index in [9.17, 15) is 9.59 Å². The van der Waals surface area contributed by atoms with E-state index in [0.29, 0.717) is 13.1 Å². The third-order valence-electron chi connectivity index (χ3n) is 5.51. The zero-order valence-electron chi connectivity index (χ0n) is 22.1. The summed E-state index contributed by atoms with van der Waals surface area (Å²) < 4.78 is 0. The van der Waals surface area contributed by atoms with Crippen molar-refractivity contribution >= 4 is 11.8 Å². The van der Waals surface area contributed by atoms with Gasteiger partial charge in [-0.2, -0.15) is 0 Å². The molecular formula is C26H52N4O2. The molecule has 0 fully saturated rings. The number of carbonyl (C=O) groups is 2. The predicted molar refractivity (Wildman–Crippen MR) is 136 cm³/mol. The molecule has 0 aliphatic heterocycles. The molecule has 0 atom stereocenters. The molecule has 6 nitrogen and oxygen atoms in total. The molecule has 0 bridgehead atoms. The van der Waals surface area contributed by atoms with E-state index in [4.69, 9.17) is 0 Å². The van der Waals surface area contributed by atoms with Crippen LogP contribution in [-0.2, 0) is 9.59 Å². The first kappa shape index (κ1) is 30.6. The second-order valence-corrected chi connectivity index (χ2v) is 8.58. The van der Waals surface area contributed by atoms with E-state index in [1.54, 1.807) is 0 Å². The Balaban J connectivity index is 5.44. The Labute approximate surface area is 198 Å². The topological polar surface area (TPSA) is 47.1 Å². The summed E-state index contributed by atoms with van der Waals surface area (Å²) in [5.41, 5.74) is 0. The lowest BCUT2D eigenvalue weighted by Crippen LogP contribution is -2.48. The maximum atomic E-state index is 13.1. The van der Waals surface area contributed by atoms with Crippen LogP contribution in [0, 0.1) is 0 Å². The summed E-state index contributed by atoms with van der Waals surface area (Å²) in [6, 6.07) is 0. The van der Waals surface area contributed by atoms with Crippen molar-refractivity contribution in [1.29, 1.82) is 0 Å². The van der Waals surface area contributed by atoms with Gasteiger partial charge < -0.3 is 0 Å². The molecule has 0 spiro atoms. The molecule has 6 heteroatoms. The molecule has 0 radical (unpaired) electrons. The predicted octanol–water partition coefficient (Wildman–Crippen LogP) is 5.65. The summed E-state index contributed by atoms with van der Waals surface area (Å²) in [5, 5.41) is 8.08. The van der Waals surface area contributed by atoms with Crippen LogP contribution in [0.5, 0.6) is 0 Å². The molecule has 0 saturated heterocycles. The SMILES string of the molecule is CCCCN(CCCC)N(CCC)C(=O)/C=C\C(=O)N(CCC)N(CCCC)CCCC. The van der Waals surface area contributed by atoms with Gasteiger partial charge in [0.1, 0.15) is 0 Å². The van der Waals surface area contributed by atoms with E-state index < -0.39 is 0 Å². The summed E-state index contributed by atoms with van der Waals surface area (Å²) in [5.74, 6) is -0.171. The summed E-state index contributed by atoms with van der Waals surface area (Å²) >= 11 is 0. The lowest BCUT2D eigenvalue weighted by molar-refractivity contribution is -0.146. The van der Waals surface area contributed by atoms with Crippen molar-refractivity contribution in [3.05, 3.63) is 12.2 Å². The Bertz CT molecular complexity index is 450. The number of unbranched alkanes of at least 4 members (excludes halogenated alkanes) is 4. The summed E-state index contributed by atoms with van der Waals surface area (Å²) in [6.45, 7) is 17.8. The Kier molecular flexibility index (Phi) is 19.3. The average molecular weight is 453 g/mol. The molecule has 0 aromatic heterocycles. The van der Waals surface area contributed by atoms with Crippen LogP contribution in [0.1, 0.15) is 106 Å². The van der Waals surface area contributed by atoms with Crippen molar-refractivity contribution in [2.45, 2.75) is 106 Å². The van der Waals surface area contributed by atoms with Crippen LogP contribution in [0.3, 0.4) is 0 Å². The van der Waals surface area contributed by atoms with E-state index in [1.807, 2.05) is 10.0 Å². The van der Waals surface area contributed by atoms with Crippen LogP contribution in [0.2, 0.25) is 0 Å². The highest BCUT2D eigenvalue weighted by atomic mass is 16.2. The minimum absolute atomic E-state index is 0.0856. The van der Waals surface area contributed by atoms with Crippen molar-refractivity contribution < 1.29 is 9.59 Å². The van der Waals surface area contributed by atoms with E-state index in [0.717, 1.165) is 90.4 Å². The highest BCUT2D eigenvalue weighted by Crippen LogP contribution is 2.10. The third kappa shape index (κ3) is 12.6. The summed E-state index contributed by atoms with van der Waals surface area (Å²) in [6.07, 6.45) is 13.4. The van der Waals surface area contributed by atoms with Crippen molar-refractivity contribution in [3.8, 4) is 0 Å². The van der Waals surface area contributed by atoms with Crippen molar-refractivity contribution in [2.75, 3.05) is 39.3 Å². The van der Waals surface area contributed by atoms with Crippen LogP contribution in [-0.4, -0.2) is 71.1 Å². The van der Waals surface area contributed by atoms with E-state index in [1.165, 1.54) is 12.2 Å². The molecule has 188 valence electrons. The molecule has 0 heterocycles. The fourth-order valence-electron chi connectivity index (χ4n) is 3.59. The van der Waals surface area contributed by atoms with Gasteiger partial charge in [0.2, 0.25) is 0 Å². The second kappa shape index (κ2) is 20.2. The number of hydrazine groups is 2. The Morgan fingerprint density at radius 3 is 0.969 bits per heavy atom. The molecule has 0 aliphatic rings. The van der Waals surface area contributed by atoms with Crippen molar-refractivity contribution in [1.82, 2.24) is 20.0 Å². The van der Waals surface area contributed by atoms with Gasteiger partial charge in [-0.15, -0.1) is 0 Å². The minimum atomic E-state index is -0.0856. The maximum Gasteiger partial charge on any atom is 0.261 e. The highest BCUT2D eigenvalue weighted by molar-refractivity contribution is 5.96. The van der Waals surface area contributed by atoms with Gasteiger partial charge in [0, 0.05) is 51.4 Å². The standard InChI is InChI=1S/C26H52N4O2/c1-7-13-21-27(22-14-8-2)29(19-11-5)25(31)17-18-26(32)30(20-12-6)28(23-15-9-3)24-16-10-4/h17-18H,7-16,19-24H2,1-6H3/b18-17-. The van der Waals surface area contributed by atoms with E-state index in [-0.39, 0.29) is 11.8 Å². The Morgan fingerprint density at radius 2 is 0.750 bits per heavy atom. The fraction of sp³-hybridized carbons (Fsp3) is 0.846. The molecule has 0 aromatic rings. The first-order valence-electron chi connectivity index (χ1n) is 13.3. The largest absolute Gasteiger partial charge is 0.272 e. The lowest BCUT2D eigenvalue weighted by Gasteiger charge is -2.35. The van der Waals surface area contributed by atoms with Gasteiger partial charge in [0.15, 0.2) is 0 Å². The van der Waals surface area contributed by atoms with Crippen molar-refractivity contribution in [2.24, 2.45) is 0 Å². The molecule has 0 unspecified atom stereocenters. The molecule has 0 N–H and O–H groups in total. The quantitative estimate of drug-likeness (QED) is 0.177. The van der Waals surface area contributed by atoms with Gasteiger partial charge in [-0.1, -0.05) is 67.2 Å². The number of rotatable bonds is 20. The van der Waals surface area contributed by atoms with Crippen LogP contribution in [0.15, 0.2) is 12.2 Å². The van der Waals surface area contributed by atoms with E-state index >= 15 is 0 Å². The zero-order chi connectivity index (χ0) is 24.2. The first-order valence-corrected chi connectivity index (χ1v) is 13.3. The molecule has 2 amide bonds. The summed E-state index contributed by atoms with van der Waals surface area (Å²) in [4.78, 5) is 26.2. The molecule has 0 saturated carbocycles. The van der Waals surface area contributed by atoms with Crippen molar-refractivity contribution in [3.63, 3.8) is 0 Å². The van der Waals surface area contributed by atoms with Gasteiger partial charge in [0.05, 0.1) is 0 Å². The lowest BCUT2D eigenvalue weighted by atomic mass is 10.3. The minimum Gasteiger partial charge on any atom is -0.272 e. The fourth-order valence-corrected chi connectivity index (χ4v) is 3.59. The average Bonchev–Trinajstić information content (AvgIpc) is 2.80. The Hall–Kier alpha value is -1.40. The number of hydrogen-bond acceptors (Lipinski definition) is 4. The van der Waals surface area contributed by atoms with Gasteiger partial charge in [-0.3, -0.25) is 19.6 Å². The van der Waals surface area contributed by atoms with Gasteiger partial charge in [-0.05, 0) is 38.5 Å². The number of nitrogens with zero attached hydrogens (tertiary/aromatic N) is 4. The van der Waals surface area contributed by atoms with Gasteiger partial charge >= 0.3 is 0 Å². The smallest absolute Gasteiger partial charge is 0.261 e. The summed E-state index contributed by atoms with van der Waals surface area (Å²) in [7, 11) is 0. The van der Waals surface area contributed by atoms with Gasteiger partial charge in [-0.25, -0.2) is 10.0 Å².